The first-order chi connectivity index (χ1) is 14.9. The van der Waals surface area contributed by atoms with E-state index in [4.69, 9.17) is 14.2 Å². The Labute approximate surface area is 181 Å². The van der Waals surface area contributed by atoms with Crippen LogP contribution in [-0.2, 0) is 0 Å². The van der Waals surface area contributed by atoms with Gasteiger partial charge < -0.3 is 29.3 Å². The number of carbonyl (C=O) groups excluding carboxylic acids is 2. The van der Waals surface area contributed by atoms with Gasteiger partial charge in [-0.2, -0.15) is 0 Å². The second-order valence-electron chi connectivity index (χ2n) is 7.21. The highest BCUT2D eigenvalue weighted by Crippen LogP contribution is 2.29. The predicted molar refractivity (Wildman–Crippen MR) is 118 cm³/mol. The molecule has 0 radical (unpaired) electrons. The number of piperazine rings is 1. The van der Waals surface area contributed by atoms with Gasteiger partial charge in [-0.05, 0) is 19.9 Å². The van der Waals surface area contributed by atoms with Crippen LogP contribution in [0.1, 0.15) is 23.0 Å². The highest BCUT2D eigenvalue weighted by molar-refractivity contribution is 5.98. The first-order valence-corrected chi connectivity index (χ1v) is 9.96. The first kappa shape index (κ1) is 22.2. The SMILES string of the molecule is COc1cc(OC)cc(N2CCN(C(=O)Nc3cc(C(C)=O)c(C)nc3OC)CC2)c1. The summed E-state index contributed by atoms with van der Waals surface area (Å²) in [6, 6.07) is 7.07. The van der Waals surface area contributed by atoms with Crippen LogP contribution in [0.4, 0.5) is 16.2 Å². The molecule has 1 aliphatic heterocycles. The van der Waals surface area contributed by atoms with Gasteiger partial charge in [-0.25, -0.2) is 9.78 Å². The van der Waals surface area contributed by atoms with Crippen molar-refractivity contribution in [2.24, 2.45) is 0 Å². The molecule has 0 atom stereocenters. The van der Waals surface area contributed by atoms with Crippen molar-refractivity contribution in [3.05, 3.63) is 35.5 Å². The number of anilines is 2. The highest BCUT2D eigenvalue weighted by atomic mass is 16.5. The van der Waals surface area contributed by atoms with E-state index < -0.39 is 0 Å². The molecule has 1 aliphatic rings. The molecule has 166 valence electrons. The third-order valence-corrected chi connectivity index (χ3v) is 5.26. The summed E-state index contributed by atoms with van der Waals surface area (Å²) in [7, 11) is 4.71. The maximum Gasteiger partial charge on any atom is 0.322 e. The van der Waals surface area contributed by atoms with E-state index in [0.29, 0.717) is 43.1 Å². The fourth-order valence-corrected chi connectivity index (χ4v) is 3.52. The molecule has 31 heavy (non-hydrogen) atoms. The molecule has 0 aliphatic carbocycles. The number of ketones is 1. The summed E-state index contributed by atoms with van der Waals surface area (Å²) >= 11 is 0. The van der Waals surface area contributed by atoms with Crippen LogP contribution < -0.4 is 24.4 Å². The van der Waals surface area contributed by atoms with Gasteiger partial charge in [0.2, 0.25) is 5.88 Å². The number of hydrogen-bond acceptors (Lipinski definition) is 7. The number of rotatable bonds is 6. The molecule has 3 rings (SSSR count). The summed E-state index contributed by atoms with van der Waals surface area (Å²) in [6.07, 6.45) is 0. The quantitative estimate of drug-likeness (QED) is 0.707. The summed E-state index contributed by atoms with van der Waals surface area (Å²) < 4.78 is 16.0. The Morgan fingerprint density at radius 1 is 0.935 bits per heavy atom. The molecule has 1 saturated heterocycles. The van der Waals surface area contributed by atoms with E-state index in [1.165, 1.54) is 14.0 Å². The number of aryl methyl sites for hydroxylation is 1. The van der Waals surface area contributed by atoms with Gasteiger partial charge in [0.05, 0.1) is 27.0 Å². The zero-order valence-electron chi connectivity index (χ0n) is 18.5. The third-order valence-electron chi connectivity index (χ3n) is 5.26. The number of ether oxygens (including phenoxy) is 3. The normalized spacial score (nSPS) is 13.6. The number of nitrogens with zero attached hydrogens (tertiary/aromatic N) is 3. The zero-order valence-corrected chi connectivity index (χ0v) is 18.5. The molecule has 0 saturated carbocycles. The monoisotopic (exact) mass is 428 g/mol. The zero-order chi connectivity index (χ0) is 22.5. The molecule has 2 aromatic rings. The maximum absolute atomic E-state index is 12.8. The Morgan fingerprint density at radius 3 is 2.06 bits per heavy atom. The first-order valence-electron chi connectivity index (χ1n) is 9.96. The van der Waals surface area contributed by atoms with Gasteiger partial charge in [0.1, 0.15) is 17.2 Å². The average Bonchev–Trinajstić information content (AvgIpc) is 2.79. The molecule has 0 spiro atoms. The van der Waals surface area contributed by atoms with Crippen molar-refractivity contribution in [3.8, 4) is 17.4 Å². The van der Waals surface area contributed by atoms with Crippen LogP contribution in [0.3, 0.4) is 0 Å². The molecule has 1 fully saturated rings. The number of urea groups is 1. The Hall–Kier alpha value is -3.49. The van der Waals surface area contributed by atoms with Crippen LogP contribution in [0.25, 0.3) is 0 Å². The van der Waals surface area contributed by atoms with Crippen molar-refractivity contribution in [1.82, 2.24) is 9.88 Å². The molecular formula is C22H28N4O5. The molecule has 2 amide bonds. The van der Waals surface area contributed by atoms with Gasteiger partial charge in [-0.3, -0.25) is 4.79 Å². The van der Waals surface area contributed by atoms with E-state index in [-0.39, 0.29) is 17.7 Å². The van der Waals surface area contributed by atoms with Crippen molar-refractivity contribution in [2.75, 3.05) is 57.7 Å². The maximum atomic E-state index is 12.8. The van der Waals surface area contributed by atoms with E-state index in [9.17, 15) is 9.59 Å². The van der Waals surface area contributed by atoms with Gasteiger partial charge >= 0.3 is 6.03 Å². The molecule has 2 heterocycles. The van der Waals surface area contributed by atoms with Crippen LogP contribution >= 0.6 is 0 Å². The van der Waals surface area contributed by atoms with Crippen molar-refractivity contribution in [1.29, 1.82) is 0 Å². The number of aromatic nitrogens is 1. The fourth-order valence-electron chi connectivity index (χ4n) is 3.52. The number of amides is 2. The lowest BCUT2D eigenvalue weighted by molar-refractivity contribution is 0.101. The summed E-state index contributed by atoms with van der Waals surface area (Å²) in [4.78, 5) is 32.9. The van der Waals surface area contributed by atoms with Gasteiger partial charge in [0.15, 0.2) is 5.78 Å². The van der Waals surface area contributed by atoms with Gasteiger partial charge in [0, 0.05) is 55.6 Å². The Morgan fingerprint density at radius 2 is 1.55 bits per heavy atom. The largest absolute Gasteiger partial charge is 0.497 e. The molecule has 1 N–H and O–H groups in total. The molecule has 0 unspecified atom stereocenters. The average molecular weight is 428 g/mol. The number of Topliss-reactive ketones (excluding diaryl/α,β-unsaturated/α-hetero) is 1. The van der Waals surface area contributed by atoms with Crippen molar-refractivity contribution in [2.45, 2.75) is 13.8 Å². The number of nitrogens with one attached hydrogen (secondary N) is 1. The van der Waals surface area contributed by atoms with Crippen molar-refractivity contribution >= 4 is 23.2 Å². The van der Waals surface area contributed by atoms with Crippen LogP contribution in [0.5, 0.6) is 17.4 Å². The third kappa shape index (κ3) is 4.99. The van der Waals surface area contributed by atoms with E-state index in [2.05, 4.69) is 15.2 Å². The van der Waals surface area contributed by atoms with E-state index in [1.54, 1.807) is 32.1 Å². The number of benzene rings is 1. The minimum Gasteiger partial charge on any atom is -0.497 e. The summed E-state index contributed by atoms with van der Waals surface area (Å²) in [5.41, 5.74) is 2.37. The van der Waals surface area contributed by atoms with Crippen LogP contribution in [-0.4, -0.2) is 69.2 Å². The smallest absolute Gasteiger partial charge is 0.322 e. The summed E-state index contributed by atoms with van der Waals surface area (Å²) in [6.45, 7) is 5.59. The Kier molecular flexibility index (Phi) is 6.84. The number of hydrogen-bond donors (Lipinski definition) is 1. The minimum atomic E-state index is -0.263. The molecule has 9 heteroatoms. The lowest BCUT2D eigenvalue weighted by atomic mass is 10.1. The molecular weight excluding hydrogens is 400 g/mol. The van der Waals surface area contributed by atoms with Gasteiger partial charge in [0.25, 0.3) is 0 Å². The lowest BCUT2D eigenvalue weighted by Gasteiger charge is -2.36. The standard InChI is InChI=1S/C22H28N4O5/c1-14-19(15(2)27)13-20(21(23-14)31-5)24-22(28)26-8-6-25(7-9-26)16-10-17(29-3)12-18(11-16)30-4/h10-13H,6-9H2,1-5H3,(H,24,28). The van der Waals surface area contributed by atoms with Crippen molar-refractivity contribution < 1.29 is 23.8 Å². The van der Waals surface area contributed by atoms with Crippen molar-refractivity contribution in [3.63, 3.8) is 0 Å². The second kappa shape index (κ2) is 9.55. The number of methoxy groups -OCH3 is 3. The molecule has 1 aromatic carbocycles. The summed E-state index contributed by atoms with van der Waals surface area (Å²) in [5.74, 6) is 1.59. The Bertz CT molecular complexity index is 948. The van der Waals surface area contributed by atoms with Crippen LogP contribution in [0, 0.1) is 6.92 Å². The predicted octanol–water partition coefficient (Wildman–Crippen LogP) is 2.97. The number of carbonyl (C=O) groups is 2. The highest BCUT2D eigenvalue weighted by Gasteiger charge is 2.24. The lowest BCUT2D eigenvalue weighted by Crippen LogP contribution is -2.50. The van der Waals surface area contributed by atoms with Crippen LogP contribution in [0.15, 0.2) is 24.3 Å². The van der Waals surface area contributed by atoms with Gasteiger partial charge in [-0.15, -0.1) is 0 Å². The second-order valence-corrected chi connectivity index (χ2v) is 7.21. The van der Waals surface area contributed by atoms with E-state index in [0.717, 1.165) is 17.2 Å². The van der Waals surface area contributed by atoms with E-state index >= 15 is 0 Å². The fraction of sp³-hybridized carbons (Fsp3) is 0.409. The number of pyridine rings is 1. The van der Waals surface area contributed by atoms with E-state index in [1.807, 2.05) is 18.2 Å². The molecule has 1 aromatic heterocycles. The van der Waals surface area contributed by atoms with Gasteiger partial charge in [-0.1, -0.05) is 0 Å². The topological polar surface area (TPSA) is 93.2 Å². The minimum absolute atomic E-state index is 0.120. The Balaban J connectivity index is 1.69. The molecule has 9 nitrogen and oxygen atoms in total. The van der Waals surface area contributed by atoms with Crippen LogP contribution in [0.2, 0.25) is 0 Å². The summed E-state index contributed by atoms with van der Waals surface area (Å²) in [5, 5.41) is 2.83. The molecule has 0 bridgehead atoms.